The van der Waals surface area contributed by atoms with Crippen LogP contribution in [0, 0.1) is 42.4 Å². The van der Waals surface area contributed by atoms with Crippen LogP contribution < -0.4 is 0 Å². The number of ether oxygens (including phenoxy) is 4. The van der Waals surface area contributed by atoms with Crippen LogP contribution in [0.5, 0.6) is 0 Å². The van der Waals surface area contributed by atoms with E-state index in [1.54, 1.807) is 0 Å². The minimum Gasteiger partial charge on any atom is -0.460 e. The van der Waals surface area contributed by atoms with E-state index >= 15 is 0 Å². The number of carbonyl (C=O) groups is 1. The first-order valence-electron chi connectivity index (χ1n) is 13.8. The zero-order valence-electron chi connectivity index (χ0n) is 24.7. The molecule has 0 saturated heterocycles. The highest BCUT2D eigenvalue weighted by atomic mass is 16.6. The van der Waals surface area contributed by atoms with E-state index in [2.05, 4.69) is 17.8 Å². The summed E-state index contributed by atoms with van der Waals surface area (Å²) in [4.78, 5) is 13.1. The van der Waals surface area contributed by atoms with Crippen LogP contribution in [0.4, 0.5) is 0 Å². The summed E-state index contributed by atoms with van der Waals surface area (Å²) in [5.41, 5.74) is 3.82. The lowest BCUT2D eigenvalue weighted by atomic mass is 9.86. The SMILES string of the molecule is C#Cc1ccc(COCC(COCc2ccc(C#C)cc2)(COCc2ccc(C#C)cc2)CC(=O)OC(C)(C)C)cc1. The molecule has 0 amide bonds. The summed E-state index contributed by atoms with van der Waals surface area (Å²) in [6.07, 6.45) is 16.5. The lowest BCUT2D eigenvalue weighted by Crippen LogP contribution is -2.41. The molecule has 5 nitrogen and oxygen atoms in total. The summed E-state index contributed by atoms with van der Waals surface area (Å²) < 4.78 is 24.3. The fourth-order valence-corrected chi connectivity index (χ4v) is 4.21. The van der Waals surface area contributed by atoms with Gasteiger partial charge < -0.3 is 18.9 Å². The molecule has 0 unspecified atom stereocenters. The minimum absolute atomic E-state index is 0.0480. The maximum Gasteiger partial charge on any atom is 0.307 e. The molecule has 0 fully saturated rings. The Labute approximate surface area is 250 Å². The maximum absolute atomic E-state index is 13.1. The van der Waals surface area contributed by atoms with E-state index in [1.165, 1.54) is 0 Å². The molecule has 0 radical (unpaired) electrons. The van der Waals surface area contributed by atoms with Crippen molar-refractivity contribution in [3.8, 4) is 37.0 Å². The van der Waals surface area contributed by atoms with E-state index in [-0.39, 0.29) is 32.2 Å². The maximum atomic E-state index is 13.1. The Hall–Kier alpha value is -4.31. The first-order chi connectivity index (χ1) is 20.1. The van der Waals surface area contributed by atoms with Gasteiger partial charge in [-0.2, -0.15) is 0 Å². The molecule has 42 heavy (non-hydrogen) atoms. The second-order valence-electron chi connectivity index (χ2n) is 11.3. The first kappa shape index (κ1) is 32.2. The Kier molecular flexibility index (Phi) is 12.0. The summed E-state index contributed by atoms with van der Waals surface area (Å²) >= 11 is 0. The van der Waals surface area contributed by atoms with Crippen LogP contribution in [0.3, 0.4) is 0 Å². The zero-order valence-corrected chi connectivity index (χ0v) is 24.7. The van der Waals surface area contributed by atoms with Gasteiger partial charge in [0.25, 0.3) is 0 Å². The van der Waals surface area contributed by atoms with Gasteiger partial charge in [-0.15, -0.1) is 19.3 Å². The third-order valence-electron chi connectivity index (χ3n) is 6.33. The van der Waals surface area contributed by atoms with E-state index in [9.17, 15) is 4.79 Å². The van der Waals surface area contributed by atoms with Crippen LogP contribution in [-0.4, -0.2) is 31.4 Å². The van der Waals surface area contributed by atoms with E-state index in [0.717, 1.165) is 33.4 Å². The monoisotopic (exact) mass is 562 g/mol. The van der Waals surface area contributed by atoms with Gasteiger partial charge in [0.2, 0.25) is 0 Å². The lowest BCUT2D eigenvalue weighted by Gasteiger charge is -2.33. The summed E-state index contributed by atoms with van der Waals surface area (Å²) in [7, 11) is 0. The molecule has 3 aromatic rings. The molecule has 3 aromatic carbocycles. The largest absolute Gasteiger partial charge is 0.460 e. The predicted molar refractivity (Wildman–Crippen MR) is 165 cm³/mol. The summed E-state index contributed by atoms with van der Waals surface area (Å²) in [5.74, 6) is 7.49. The van der Waals surface area contributed by atoms with Crippen molar-refractivity contribution in [2.75, 3.05) is 19.8 Å². The fraction of sp³-hybridized carbons (Fsp3) is 0.324. The topological polar surface area (TPSA) is 54.0 Å². The van der Waals surface area contributed by atoms with Gasteiger partial charge in [-0.05, 0) is 73.9 Å². The second kappa shape index (κ2) is 15.6. The van der Waals surface area contributed by atoms with Crippen molar-refractivity contribution >= 4 is 5.97 Å². The van der Waals surface area contributed by atoms with Crippen molar-refractivity contribution < 1.29 is 23.7 Å². The normalized spacial score (nSPS) is 11.2. The Morgan fingerprint density at radius 1 is 0.595 bits per heavy atom. The highest BCUT2D eigenvalue weighted by molar-refractivity contribution is 5.70. The molecule has 216 valence electrons. The third-order valence-corrected chi connectivity index (χ3v) is 6.33. The average molecular weight is 563 g/mol. The minimum atomic E-state index is -0.821. The Morgan fingerprint density at radius 2 is 0.905 bits per heavy atom. The molecule has 0 aliphatic rings. The molecule has 0 bridgehead atoms. The van der Waals surface area contributed by atoms with Crippen molar-refractivity contribution in [2.45, 2.75) is 52.6 Å². The van der Waals surface area contributed by atoms with Gasteiger partial charge >= 0.3 is 5.97 Å². The summed E-state index contributed by atoms with van der Waals surface area (Å²) in [6.45, 7) is 7.15. The van der Waals surface area contributed by atoms with Crippen LogP contribution >= 0.6 is 0 Å². The first-order valence-corrected chi connectivity index (χ1v) is 13.8. The Bertz CT molecular complexity index is 1250. The highest BCUT2D eigenvalue weighted by Gasteiger charge is 2.36. The number of terminal acetylenes is 3. The number of rotatable bonds is 14. The zero-order chi connectivity index (χ0) is 30.4. The van der Waals surface area contributed by atoms with Gasteiger partial charge in [0.1, 0.15) is 5.60 Å². The summed E-state index contributed by atoms with van der Waals surface area (Å²) in [5, 5.41) is 0. The molecule has 0 atom stereocenters. The third kappa shape index (κ3) is 10.9. The molecule has 0 N–H and O–H groups in total. The lowest BCUT2D eigenvalue weighted by molar-refractivity contribution is -0.164. The van der Waals surface area contributed by atoms with Gasteiger partial charge in [-0.3, -0.25) is 4.79 Å². The molecule has 0 spiro atoms. The number of benzene rings is 3. The summed E-state index contributed by atoms with van der Waals surface area (Å²) in [6, 6.07) is 22.8. The van der Waals surface area contributed by atoms with Crippen molar-refractivity contribution in [2.24, 2.45) is 5.41 Å². The van der Waals surface area contributed by atoms with Gasteiger partial charge in [0.15, 0.2) is 0 Å². The number of hydrogen-bond acceptors (Lipinski definition) is 5. The molecule has 0 aliphatic heterocycles. The predicted octanol–water partition coefficient (Wildman–Crippen LogP) is 6.30. The quantitative estimate of drug-likeness (QED) is 0.171. The number of carbonyl (C=O) groups excluding carboxylic acids is 1. The van der Waals surface area contributed by atoms with Crippen LogP contribution in [-0.2, 0) is 43.6 Å². The van der Waals surface area contributed by atoms with Gasteiger partial charge in [-0.1, -0.05) is 54.2 Å². The number of esters is 1. The number of hydrogen-bond donors (Lipinski definition) is 0. The smallest absolute Gasteiger partial charge is 0.307 e. The van der Waals surface area contributed by atoms with E-state index in [4.69, 9.17) is 38.2 Å². The molecular weight excluding hydrogens is 524 g/mol. The van der Waals surface area contributed by atoms with Crippen LogP contribution in [0.2, 0.25) is 0 Å². The molecule has 5 heteroatoms. The standard InChI is InChI=1S/C37H38O5/c1-7-29-10-16-32(17-11-29)23-39-26-37(22-35(38)42-36(4,5)6,27-40-24-33-18-12-30(8-2)13-19-33)28-41-25-34-20-14-31(9-3)15-21-34/h1-3,10-21H,22-28H2,4-6H3. The van der Waals surface area contributed by atoms with Crippen molar-refractivity contribution in [3.63, 3.8) is 0 Å². The molecule has 0 saturated carbocycles. The van der Waals surface area contributed by atoms with Crippen molar-refractivity contribution in [1.29, 1.82) is 0 Å². The van der Waals surface area contributed by atoms with Crippen LogP contribution in [0.1, 0.15) is 60.6 Å². The molecule has 0 aromatic heterocycles. The van der Waals surface area contributed by atoms with Crippen LogP contribution in [0.25, 0.3) is 0 Å². The highest BCUT2D eigenvalue weighted by Crippen LogP contribution is 2.28. The Balaban J connectivity index is 1.78. The van der Waals surface area contributed by atoms with Gasteiger partial charge in [-0.25, -0.2) is 0 Å². The fourth-order valence-electron chi connectivity index (χ4n) is 4.21. The van der Waals surface area contributed by atoms with Gasteiger partial charge in [0, 0.05) is 16.7 Å². The van der Waals surface area contributed by atoms with E-state index in [1.807, 2.05) is 93.6 Å². The van der Waals surface area contributed by atoms with E-state index < -0.39 is 11.0 Å². The molecule has 0 aliphatic carbocycles. The van der Waals surface area contributed by atoms with Gasteiger partial charge in [0.05, 0.1) is 51.5 Å². The van der Waals surface area contributed by atoms with Crippen LogP contribution in [0.15, 0.2) is 72.8 Å². The molecule has 0 heterocycles. The van der Waals surface area contributed by atoms with Crippen molar-refractivity contribution in [1.82, 2.24) is 0 Å². The average Bonchev–Trinajstić information content (AvgIpc) is 2.97. The molecule has 3 rings (SSSR count). The Morgan fingerprint density at radius 3 is 1.17 bits per heavy atom. The second-order valence-corrected chi connectivity index (χ2v) is 11.3. The van der Waals surface area contributed by atoms with Crippen molar-refractivity contribution in [3.05, 3.63) is 106 Å². The molecular formula is C37H38O5. The van der Waals surface area contributed by atoms with E-state index in [0.29, 0.717) is 19.8 Å².